The highest BCUT2D eigenvalue weighted by Gasteiger charge is 2.15. The van der Waals surface area contributed by atoms with E-state index in [1.807, 2.05) is 31.2 Å². The number of hydrogen-bond acceptors (Lipinski definition) is 3. The maximum absolute atomic E-state index is 12.3. The van der Waals surface area contributed by atoms with Crippen LogP contribution in [-0.2, 0) is 11.2 Å². The Bertz CT molecular complexity index is 723. The number of benzene rings is 2. The van der Waals surface area contributed by atoms with Crippen molar-refractivity contribution in [2.75, 3.05) is 23.7 Å². The molecule has 0 aliphatic carbocycles. The Labute approximate surface area is 150 Å². The van der Waals surface area contributed by atoms with E-state index in [9.17, 15) is 4.79 Å². The van der Waals surface area contributed by atoms with Crippen molar-refractivity contribution in [3.8, 4) is 0 Å². The Hall–Kier alpha value is -2.49. The SMILES string of the molecule is CC(NC(=O)CCc1ccccc1N)c1cccc(N2CCCC2)c1. The predicted molar refractivity (Wildman–Crippen MR) is 104 cm³/mol. The Morgan fingerprint density at radius 3 is 2.68 bits per heavy atom. The third kappa shape index (κ3) is 4.53. The zero-order chi connectivity index (χ0) is 17.6. The fourth-order valence-electron chi connectivity index (χ4n) is 3.37. The van der Waals surface area contributed by atoms with Crippen LogP contribution in [0.4, 0.5) is 11.4 Å². The molecule has 1 fully saturated rings. The fourth-order valence-corrected chi connectivity index (χ4v) is 3.37. The molecule has 0 saturated carbocycles. The van der Waals surface area contributed by atoms with Crippen molar-refractivity contribution in [1.29, 1.82) is 0 Å². The molecule has 3 N–H and O–H groups in total. The van der Waals surface area contributed by atoms with E-state index in [-0.39, 0.29) is 11.9 Å². The second-order valence-electron chi connectivity index (χ2n) is 6.78. The van der Waals surface area contributed by atoms with Crippen LogP contribution in [0.5, 0.6) is 0 Å². The first kappa shape index (κ1) is 17.3. The molecule has 4 nitrogen and oxygen atoms in total. The first-order valence-electron chi connectivity index (χ1n) is 9.11. The Kier molecular flexibility index (Phi) is 5.59. The first-order chi connectivity index (χ1) is 12.1. The molecule has 1 aliphatic heterocycles. The number of amides is 1. The number of hydrogen-bond donors (Lipinski definition) is 2. The average molecular weight is 337 g/mol. The molecule has 0 radical (unpaired) electrons. The zero-order valence-electron chi connectivity index (χ0n) is 14.9. The van der Waals surface area contributed by atoms with Crippen LogP contribution in [0.2, 0.25) is 0 Å². The Morgan fingerprint density at radius 2 is 1.92 bits per heavy atom. The summed E-state index contributed by atoms with van der Waals surface area (Å²) in [6.45, 7) is 4.29. The second kappa shape index (κ2) is 8.06. The number of nitrogens with two attached hydrogens (primary N) is 1. The van der Waals surface area contributed by atoms with Crippen molar-refractivity contribution in [3.05, 3.63) is 59.7 Å². The van der Waals surface area contributed by atoms with Gasteiger partial charge in [-0.3, -0.25) is 4.79 Å². The van der Waals surface area contributed by atoms with E-state index in [1.165, 1.54) is 18.5 Å². The van der Waals surface area contributed by atoms with Crippen LogP contribution < -0.4 is 16.0 Å². The molecule has 1 aliphatic rings. The van der Waals surface area contributed by atoms with Gasteiger partial charge in [0, 0.05) is 30.9 Å². The lowest BCUT2D eigenvalue weighted by Crippen LogP contribution is -2.27. The number of rotatable bonds is 6. The third-order valence-electron chi connectivity index (χ3n) is 4.90. The Morgan fingerprint density at radius 1 is 1.16 bits per heavy atom. The van der Waals surface area contributed by atoms with Gasteiger partial charge in [-0.1, -0.05) is 30.3 Å². The van der Waals surface area contributed by atoms with Crippen LogP contribution in [0, 0.1) is 0 Å². The summed E-state index contributed by atoms with van der Waals surface area (Å²) < 4.78 is 0. The molecule has 0 spiro atoms. The summed E-state index contributed by atoms with van der Waals surface area (Å²) in [4.78, 5) is 14.7. The number of para-hydroxylation sites is 1. The van der Waals surface area contributed by atoms with Gasteiger partial charge in [0.1, 0.15) is 0 Å². The van der Waals surface area contributed by atoms with Crippen LogP contribution in [0.1, 0.15) is 43.4 Å². The van der Waals surface area contributed by atoms with E-state index in [0.717, 1.165) is 29.9 Å². The highest BCUT2D eigenvalue weighted by Crippen LogP contribution is 2.24. The summed E-state index contributed by atoms with van der Waals surface area (Å²) in [5.74, 6) is 0.0577. The van der Waals surface area contributed by atoms with Crippen LogP contribution >= 0.6 is 0 Å². The quantitative estimate of drug-likeness (QED) is 0.791. The monoisotopic (exact) mass is 337 g/mol. The van der Waals surface area contributed by atoms with Crippen molar-refractivity contribution in [1.82, 2.24) is 5.32 Å². The summed E-state index contributed by atoms with van der Waals surface area (Å²) in [5.41, 5.74) is 10.1. The average Bonchev–Trinajstić information content (AvgIpc) is 3.16. The molecule has 1 unspecified atom stereocenters. The number of aryl methyl sites for hydroxylation is 1. The minimum Gasteiger partial charge on any atom is -0.399 e. The van der Waals surface area contributed by atoms with Gasteiger partial charge in [0.25, 0.3) is 0 Å². The molecule has 1 atom stereocenters. The Balaban J connectivity index is 1.56. The number of nitrogens with zero attached hydrogens (tertiary/aromatic N) is 1. The van der Waals surface area contributed by atoms with Crippen molar-refractivity contribution in [2.24, 2.45) is 0 Å². The minimum atomic E-state index is 0.00294. The maximum atomic E-state index is 12.3. The van der Waals surface area contributed by atoms with Crippen molar-refractivity contribution >= 4 is 17.3 Å². The summed E-state index contributed by atoms with van der Waals surface area (Å²) >= 11 is 0. The third-order valence-corrected chi connectivity index (χ3v) is 4.90. The van der Waals surface area contributed by atoms with Crippen LogP contribution in [-0.4, -0.2) is 19.0 Å². The van der Waals surface area contributed by atoms with Gasteiger partial charge in [-0.25, -0.2) is 0 Å². The molecule has 25 heavy (non-hydrogen) atoms. The standard InChI is InChI=1S/C21H27N3O/c1-16(18-8-6-9-19(15-18)24-13-4-5-14-24)23-21(25)12-11-17-7-2-3-10-20(17)22/h2-3,6-10,15-16H,4-5,11-14,22H2,1H3,(H,23,25). The fraction of sp³-hybridized carbons (Fsp3) is 0.381. The number of nitrogens with one attached hydrogen (secondary N) is 1. The number of carbonyl (C=O) groups is 1. The van der Waals surface area contributed by atoms with Gasteiger partial charge in [-0.05, 0) is 55.5 Å². The van der Waals surface area contributed by atoms with E-state index < -0.39 is 0 Å². The van der Waals surface area contributed by atoms with E-state index in [0.29, 0.717) is 12.8 Å². The maximum Gasteiger partial charge on any atom is 0.220 e. The van der Waals surface area contributed by atoms with Gasteiger partial charge >= 0.3 is 0 Å². The highest BCUT2D eigenvalue weighted by atomic mass is 16.1. The summed E-state index contributed by atoms with van der Waals surface area (Å²) in [6, 6.07) is 16.2. The topological polar surface area (TPSA) is 58.4 Å². The summed E-state index contributed by atoms with van der Waals surface area (Å²) in [7, 11) is 0. The largest absolute Gasteiger partial charge is 0.399 e. The second-order valence-corrected chi connectivity index (χ2v) is 6.78. The summed E-state index contributed by atoms with van der Waals surface area (Å²) in [5, 5.41) is 3.11. The lowest BCUT2D eigenvalue weighted by atomic mass is 10.1. The van der Waals surface area contributed by atoms with Crippen molar-refractivity contribution in [3.63, 3.8) is 0 Å². The predicted octanol–water partition coefficient (Wildman–Crippen LogP) is 3.68. The molecule has 4 heteroatoms. The number of carbonyl (C=O) groups excluding carboxylic acids is 1. The molecule has 132 valence electrons. The van der Waals surface area contributed by atoms with E-state index in [4.69, 9.17) is 5.73 Å². The molecule has 0 aromatic heterocycles. The molecule has 3 rings (SSSR count). The van der Waals surface area contributed by atoms with Gasteiger partial charge < -0.3 is 16.0 Å². The molecule has 1 amide bonds. The summed E-state index contributed by atoms with van der Waals surface area (Å²) in [6.07, 6.45) is 3.64. The van der Waals surface area contributed by atoms with Gasteiger partial charge in [-0.15, -0.1) is 0 Å². The van der Waals surface area contributed by atoms with Crippen LogP contribution in [0.15, 0.2) is 48.5 Å². The molecular formula is C21H27N3O. The van der Waals surface area contributed by atoms with Crippen molar-refractivity contribution in [2.45, 2.75) is 38.6 Å². The molecular weight excluding hydrogens is 310 g/mol. The van der Waals surface area contributed by atoms with Gasteiger partial charge in [-0.2, -0.15) is 0 Å². The van der Waals surface area contributed by atoms with Gasteiger partial charge in [0.05, 0.1) is 6.04 Å². The van der Waals surface area contributed by atoms with E-state index in [2.05, 4.69) is 34.5 Å². The normalized spacial score (nSPS) is 15.2. The van der Waals surface area contributed by atoms with Crippen LogP contribution in [0.3, 0.4) is 0 Å². The lowest BCUT2D eigenvalue weighted by molar-refractivity contribution is -0.121. The first-order valence-corrected chi connectivity index (χ1v) is 9.11. The van der Waals surface area contributed by atoms with E-state index >= 15 is 0 Å². The molecule has 1 heterocycles. The van der Waals surface area contributed by atoms with Gasteiger partial charge in [0.15, 0.2) is 0 Å². The van der Waals surface area contributed by atoms with Crippen LogP contribution in [0.25, 0.3) is 0 Å². The van der Waals surface area contributed by atoms with Gasteiger partial charge in [0.2, 0.25) is 5.91 Å². The molecule has 0 bridgehead atoms. The molecule has 2 aromatic rings. The van der Waals surface area contributed by atoms with Crippen molar-refractivity contribution < 1.29 is 4.79 Å². The molecule has 2 aromatic carbocycles. The lowest BCUT2D eigenvalue weighted by Gasteiger charge is -2.21. The van der Waals surface area contributed by atoms with E-state index in [1.54, 1.807) is 0 Å². The highest BCUT2D eigenvalue weighted by molar-refractivity contribution is 5.77. The number of anilines is 2. The zero-order valence-corrected chi connectivity index (χ0v) is 14.9. The number of nitrogen functional groups attached to an aromatic ring is 1. The smallest absolute Gasteiger partial charge is 0.220 e. The molecule has 1 saturated heterocycles. The minimum absolute atomic E-state index is 0.00294.